The molecule has 0 radical (unpaired) electrons. The van der Waals surface area contributed by atoms with Gasteiger partial charge in [0, 0.05) is 5.02 Å². The summed E-state index contributed by atoms with van der Waals surface area (Å²) in [5, 5.41) is 24.3. The molecule has 0 amide bonds. The lowest BCUT2D eigenvalue weighted by molar-refractivity contribution is -0.391. The van der Waals surface area contributed by atoms with Crippen LogP contribution in [0.1, 0.15) is 5.56 Å². The van der Waals surface area contributed by atoms with Gasteiger partial charge < -0.3 is 10.1 Å². The molecule has 0 saturated heterocycles. The van der Waals surface area contributed by atoms with Gasteiger partial charge in [-0.2, -0.15) is 5.10 Å². The Balaban J connectivity index is 1.73. The molecule has 0 spiro atoms. The molecule has 2 heterocycles. The number of benzene rings is 1. The number of hydrogen-bond acceptors (Lipinski definition) is 8. The van der Waals surface area contributed by atoms with Gasteiger partial charge in [0.1, 0.15) is 6.20 Å². The molecule has 11 heteroatoms. The zero-order valence-corrected chi connectivity index (χ0v) is 13.8. The normalized spacial score (nSPS) is 11.1. The summed E-state index contributed by atoms with van der Waals surface area (Å²) in [5.74, 6) is 0.250. The van der Waals surface area contributed by atoms with Gasteiger partial charge >= 0.3 is 5.82 Å². The van der Waals surface area contributed by atoms with Crippen molar-refractivity contribution in [2.75, 3.05) is 5.43 Å². The third-order valence-electron chi connectivity index (χ3n) is 2.99. The van der Waals surface area contributed by atoms with E-state index in [2.05, 4.69) is 25.7 Å². The molecule has 3 aromatic rings. The van der Waals surface area contributed by atoms with Gasteiger partial charge in [-0.25, -0.2) is 9.55 Å². The van der Waals surface area contributed by atoms with Gasteiger partial charge in [-0.1, -0.05) is 35.1 Å². The van der Waals surface area contributed by atoms with Crippen LogP contribution >= 0.6 is 22.9 Å². The molecule has 9 nitrogen and oxygen atoms in total. The van der Waals surface area contributed by atoms with Crippen molar-refractivity contribution in [1.29, 1.82) is 0 Å². The van der Waals surface area contributed by atoms with E-state index in [9.17, 15) is 10.1 Å². The first kappa shape index (κ1) is 16.0. The van der Waals surface area contributed by atoms with E-state index in [0.29, 0.717) is 21.0 Å². The van der Waals surface area contributed by atoms with Crippen molar-refractivity contribution in [1.82, 2.24) is 19.7 Å². The molecule has 122 valence electrons. The third kappa shape index (κ3) is 3.39. The molecule has 0 aliphatic heterocycles. The largest absolute Gasteiger partial charge is 0.358 e. The first-order valence-electron chi connectivity index (χ1n) is 6.59. The van der Waals surface area contributed by atoms with Gasteiger partial charge in [-0.15, -0.1) is 10.2 Å². The molecule has 0 bridgehead atoms. The number of imidazole rings is 1. The SMILES string of the molecule is Cn1c([N+](=O)[O-])cnc1-c1nnc(N/N=C/c2cccc(Cl)c2)s1. The molecule has 0 aliphatic carbocycles. The topological polar surface area (TPSA) is 111 Å². The number of nitrogens with one attached hydrogen (secondary N) is 1. The number of nitro groups is 1. The summed E-state index contributed by atoms with van der Waals surface area (Å²) in [6.45, 7) is 0. The Hall–Kier alpha value is -2.85. The zero-order valence-electron chi connectivity index (χ0n) is 12.3. The molecular weight excluding hydrogens is 354 g/mol. The fraction of sp³-hybridized carbons (Fsp3) is 0.0769. The van der Waals surface area contributed by atoms with Gasteiger partial charge in [-0.05, 0) is 22.6 Å². The third-order valence-corrected chi connectivity index (χ3v) is 4.05. The summed E-state index contributed by atoms with van der Waals surface area (Å²) in [7, 11) is 1.55. The molecule has 0 aliphatic rings. The molecule has 0 fully saturated rings. The quantitative estimate of drug-likeness (QED) is 0.423. The molecule has 1 aromatic carbocycles. The van der Waals surface area contributed by atoms with Gasteiger partial charge in [0.15, 0.2) is 0 Å². The van der Waals surface area contributed by atoms with Crippen LogP contribution < -0.4 is 5.43 Å². The molecule has 3 rings (SSSR count). The minimum atomic E-state index is -0.508. The maximum Gasteiger partial charge on any atom is 0.342 e. The predicted octanol–water partition coefficient (Wildman–Crippen LogP) is 2.95. The lowest BCUT2D eigenvalue weighted by atomic mass is 10.2. The predicted molar refractivity (Wildman–Crippen MR) is 91.4 cm³/mol. The lowest BCUT2D eigenvalue weighted by Crippen LogP contribution is -1.98. The highest BCUT2D eigenvalue weighted by Gasteiger charge is 2.21. The number of aromatic nitrogens is 4. The molecule has 1 N–H and O–H groups in total. The fourth-order valence-electron chi connectivity index (χ4n) is 1.88. The highest BCUT2D eigenvalue weighted by molar-refractivity contribution is 7.18. The first-order valence-corrected chi connectivity index (χ1v) is 7.78. The Morgan fingerprint density at radius 1 is 1.46 bits per heavy atom. The lowest BCUT2D eigenvalue weighted by Gasteiger charge is -1.95. The van der Waals surface area contributed by atoms with E-state index >= 15 is 0 Å². The second-order valence-corrected chi connectivity index (χ2v) is 6.01. The Morgan fingerprint density at radius 3 is 3.00 bits per heavy atom. The minimum Gasteiger partial charge on any atom is -0.358 e. The van der Waals surface area contributed by atoms with Crippen molar-refractivity contribution in [2.24, 2.45) is 12.1 Å². The van der Waals surface area contributed by atoms with Crippen LogP contribution in [-0.2, 0) is 7.05 Å². The monoisotopic (exact) mass is 363 g/mol. The van der Waals surface area contributed by atoms with Crippen molar-refractivity contribution in [3.63, 3.8) is 0 Å². The van der Waals surface area contributed by atoms with Crippen LogP contribution in [0.4, 0.5) is 10.9 Å². The van der Waals surface area contributed by atoms with Crippen molar-refractivity contribution in [3.05, 3.63) is 51.2 Å². The van der Waals surface area contributed by atoms with E-state index < -0.39 is 4.92 Å². The van der Waals surface area contributed by atoms with Crippen molar-refractivity contribution >= 4 is 40.1 Å². The summed E-state index contributed by atoms with van der Waals surface area (Å²) in [4.78, 5) is 14.3. The zero-order chi connectivity index (χ0) is 17.1. The van der Waals surface area contributed by atoms with E-state index in [1.165, 1.54) is 22.1 Å². The van der Waals surface area contributed by atoms with Crippen LogP contribution in [0.15, 0.2) is 35.6 Å². The first-order chi connectivity index (χ1) is 11.5. The van der Waals surface area contributed by atoms with Crippen LogP contribution in [0.25, 0.3) is 10.8 Å². The van der Waals surface area contributed by atoms with Gasteiger partial charge in [0.25, 0.3) is 5.82 Å². The number of rotatable bonds is 5. The average Bonchev–Trinajstić information content (AvgIpc) is 3.14. The van der Waals surface area contributed by atoms with E-state index in [1.54, 1.807) is 25.4 Å². The molecule has 0 unspecified atom stereocenters. The van der Waals surface area contributed by atoms with Gasteiger partial charge in [0.2, 0.25) is 10.1 Å². The molecule has 24 heavy (non-hydrogen) atoms. The fourth-order valence-corrected chi connectivity index (χ4v) is 2.80. The summed E-state index contributed by atoms with van der Waals surface area (Å²) in [5.41, 5.74) is 3.58. The summed E-state index contributed by atoms with van der Waals surface area (Å²) in [6, 6.07) is 7.22. The summed E-state index contributed by atoms with van der Waals surface area (Å²) >= 11 is 7.08. The minimum absolute atomic E-state index is 0.117. The van der Waals surface area contributed by atoms with E-state index in [4.69, 9.17) is 11.6 Å². The Kier molecular flexibility index (Phi) is 4.49. The summed E-state index contributed by atoms with van der Waals surface area (Å²) < 4.78 is 1.35. The van der Waals surface area contributed by atoms with Crippen molar-refractivity contribution in [2.45, 2.75) is 0 Å². The Morgan fingerprint density at radius 2 is 2.29 bits per heavy atom. The molecule has 2 aromatic heterocycles. The van der Waals surface area contributed by atoms with Crippen LogP contribution in [0.5, 0.6) is 0 Å². The summed E-state index contributed by atoms with van der Waals surface area (Å²) in [6.07, 6.45) is 2.78. The highest BCUT2D eigenvalue weighted by Crippen LogP contribution is 2.27. The Bertz CT molecular complexity index is 921. The molecule has 0 saturated carbocycles. The maximum atomic E-state index is 10.8. The average molecular weight is 364 g/mol. The number of anilines is 1. The van der Waals surface area contributed by atoms with Crippen LogP contribution in [0.2, 0.25) is 5.02 Å². The van der Waals surface area contributed by atoms with Gasteiger partial charge in [-0.3, -0.25) is 5.43 Å². The number of nitrogens with zero attached hydrogens (tertiary/aromatic N) is 6. The van der Waals surface area contributed by atoms with Crippen LogP contribution in [0.3, 0.4) is 0 Å². The van der Waals surface area contributed by atoms with Gasteiger partial charge in [0.05, 0.1) is 13.3 Å². The smallest absolute Gasteiger partial charge is 0.342 e. The standard InChI is InChI=1S/C13H10ClN7O2S/c1-20-10(21(22)23)7-15-11(20)12-17-19-13(24-12)18-16-6-8-3-2-4-9(14)5-8/h2-7H,1H3,(H,18,19)/b16-6+. The second-order valence-electron chi connectivity index (χ2n) is 4.59. The van der Waals surface area contributed by atoms with Crippen LogP contribution in [-0.4, -0.2) is 30.9 Å². The number of halogens is 1. The molecular formula is C13H10ClN7O2S. The van der Waals surface area contributed by atoms with Crippen LogP contribution in [0, 0.1) is 10.1 Å². The van der Waals surface area contributed by atoms with E-state index in [-0.39, 0.29) is 5.82 Å². The number of hydrazone groups is 1. The van der Waals surface area contributed by atoms with E-state index in [1.807, 2.05) is 12.1 Å². The highest BCUT2D eigenvalue weighted by atomic mass is 35.5. The van der Waals surface area contributed by atoms with Crippen molar-refractivity contribution < 1.29 is 4.92 Å². The van der Waals surface area contributed by atoms with Crippen molar-refractivity contribution in [3.8, 4) is 10.8 Å². The second kappa shape index (κ2) is 6.72. The number of hydrogen-bond donors (Lipinski definition) is 1. The molecule has 0 atom stereocenters. The maximum absolute atomic E-state index is 10.8. The Labute approximate surface area is 144 Å². The van der Waals surface area contributed by atoms with E-state index in [0.717, 1.165) is 5.56 Å².